The van der Waals surface area contributed by atoms with Crippen molar-refractivity contribution < 1.29 is 0 Å². The minimum atomic E-state index is 0.480. The van der Waals surface area contributed by atoms with Crippen molar-refractivity contribution in [3.63, 3.8) is 0 Å². The van der Waals surface area contributed by atoms with Crippen molar-refractivity contribution in [2.45, 2.75) is 18.7 Å². The van der Waals surface area contributed by atoms with Crippen LogP contribution in [0.1, 0.15) is 19.4 Å². The van der Waals surface area contributed by atoms with E-state index < -0.39 is 0 Å². The van der Waals surface area contributed by atoms with Crippen LogP contribution in [0.15, 0.2) is 23.1 Å². The van der Waals surface area contributed by atoms with Gasteiger partial charge in [-0.2, -0.15) is 0 Å². The minimum Gasteiger partial charge on any atom is -0.389 e. The molecule has 0 saturated heterocycles. The van der Waals surface area contributed by atoms with Crippen LogP contribution in [0, 0.1) is 5.92 Å². The first-order chi connectivity index (χ1) is 9.86. The highest BCUT2D eigenvalue weighted by molar-refractivity contribution is 7.98. The zero-order valence-corrected chi connectivity index (χ0v) is 15.4. The third kappa shape index (κ3) is 5.49. The Morgan fingerprint density at radius 1 is 1.29 bits per heavy atom. The number of likely N-dealkylation sites (N-methyl/N-ethyl adjacent to an activating group) is 1. The van der Waals surface area contributed by atoms with E-state index in [2.05, 4.69) is 62.2 Å². The van der Waals surface area contributed by atoms with Crippen molar-refractivity contribution in [3.05, 3.63) is 23.8 Å². The smallest absolute Gasteiger partial charge is 0.107 e. The third-order valence-corrected chi connectivity index (χ3v) is 4.20. The molecule has 0 saturated carbocycles. The molecule has 0 aliphatic heterocycles. The van der Waals surface area contributed by atoms with E-state index in [4.69, 9.17) is 18.0 Å². The molecule has 0 amide bonds. The van der Waals surface area contributed by atoms with E-state index >= 15 is 0 Å². The molecule has 0 unspecified atom stereocenters. The van der Waals surface area contributed by atoms with Gasteiger partial charge in [0.05, 0.1) is 0 Å². The fourth-order valence-corrected chi connectivity index (χ4v) is 3.18. The molecule has 0 radical (unpaired) electrons. The molecule has 118 valence electrons. The van der Waals surface area contributed by atoms with Gasteiger partial charge in [0.2, 0.25) is 0 Å². The van der Waals surface area contributed by atoms with Gasteiger partial charge in [-0.05, 0) is 38.4 Å². The van der Waals surface area contributed by atoms with Crippen LogP contribution in [0.3, 0.4) is 0 Å². The van der Waals surface area contributed by atoms with Crippen LogP contribution in [-0.4, -0.2) is 49.9 Å². The van der Waals surface area contributed by atoms with E-state index in [9.17, 15) is 0 Å². The molecule has 0 bridgehead atoms. The van der Waals surface area contributed by atoms with Gasteiger partial charge < -0.3 is 15.5 Å². The highest BCUT2D eigenvalue weighted by Crippen LogP contribution is 2.30. The Labute approximate surface area is 138 Å². The van der Waals surface area contributed by atoms with E-state index in [1.807, 2.05) is 0 Å². The van der Waals surface area contributed by atoms with Crippen LogP contribution in [0.5, 0.6) is 0 Å². The SMILES string of the molecule is CSc1cccc(N(CCN(C)C)CC(C)C)c1C(N)=S. The normalized spacial score (nSPS) is 11.2. The van der Waals surface area contributed by atoms with Crippen molar-refractivity contribution in [2.24, 2.45) is 11.7 Å². The van der Waals surface area contributed by atoms with Crippen molar-refractivity contribution in [2.75, 3.05) is 44.9 Å². The Bertz CT molecular complexity index is 473. The van der Waals surface area contributed by atoms with Crippen LogP contribution < -0.4 is 10.6 Å². The van der Waals surface area contributed by atoms with Crippen LogP contribution in [0.2, 0.25) is 0 Å². The standard InChI is InChI=1S/C16H27N3S2/c1-12(2)11-19(10-9-18(3)4)13-7-6-8-14(21-5)15(13)16(17)20/h6-8,12H,9-11H2,1-5H3,(H2,17,20). The summed E-state index contributed by atoms with van der Waals surface area (Å²) in [5, 5.41) is 0. The number of hydrogen-bond acceptors (Lipinski definition) is 4. The lowest BCUT2D eigenvalue weighted by molar-refractivity contribution is 0.409. The van der Waals surface area contributed by atoms with Gasteiger partial charge >= 0.3 is 0 Å². The van der Waals surface area contributed by atoms with E-state index in [-0.39, 0.29) is 0 Å². The Hall–Kier alpha value is -0.780. The largest absolute Gasteiger partial charge is 0.389 e. The molecule has 0 aliphatic rings. The zero-order valence-electron chi connectivity index (χ0n) is 13.7. The average Bonchev–Trinajstić information content (AvgIpc) is 2.41. The Morgan fingerprint density at radius 3 is 2.43 bits per heavy atom. The second kappa shape index (κ2) is 8.61. The fourth-order valence-electron chi connectivity index (χ4n) is 2.27. The van der Waals surface area contributed by atoms with Crippen LogP contribution >= 0.6 is 24.0 Å². The first-order valence-corrected chi connectivity index (χ1v) is 8.86. The zero-order chi connectivity index (χ0) is 16.0. The second-order valence-corrected chi connectivity index (χ2v) is 7.15. The predicted molar refractivity (Wildman–Crippen MR) is 99.7 cm³/mol. The summed E-state index contributed by atoms with van der Waals surface area (Å²) >= 11 is 6.99. The summed E-state index contributed by atoms with van der Waals surface area (Å²) in [5.41, 5.74) is 8.17. The van der Waals surface area contributed by atoms with E-state index in [1.54, 1.807) is 11.8 Å². The number of rotatable bonds is 8. The van der Waals surface area contributed by atoms with Gasteiger partial charge in [0.15, 0.2) is 0 Å². The van der Waals surface area contributed by atoms with Gasteiger partial charge in [-0.15, -0.1) is 11.8 Å². The molecule has 0 fully saturated rings. The first kappa shape index (κ1) is 18.3. The molecule has 0 aromatic heterocycles. The highest BCUT2D eigenvalue weighted by Gasteiger charge is 2.17. The van der Waals surface area contributed by atoms with Crippen LogP contribution in [0.4, 0.5) is 5.69 Å². The van der Waals surface area contributed by atoms with Gasteiger partial charge in [0.1, 0.15) is 4.99 Å². The van der Waals surface area contributed by atoms with Crippen LogP contribution in [-0.2, 0) is 0 Å². The average molecular weight is 326 g/mol. The summed E-state index contributed by atoms with van der Waals surface area (Å²) in [6, 6.07) is 6.31. The summed E-state index contributed by atoms with van der Waals surface area (Å²) < 4.78 is 0. The highest BCUT2D eigenvalue weighted by atomic mass is 32.2. The molecule has 1 rings (SSSR count). The van der Waals surface area contributed by atoms with E-state index in [1.165, 1.54) is 0 Å². The summed E-state index contributed by atoms with van der Waals surface area (Å²) in [6.07, 6.45) is 2.06. The van der Waals surface area contributed by atoms with Gasteiger partial charge in [-0.25, -0.2) is 0 Å². The molecule has 0 heterocycles. The monoisotopic (exact) mass is 325 g/mol. The maximum atomic E-state index is 6.00. The van der Waals surface area contributed by atoms with Crippen molar-refractivity contribution in [1.82, 2.24) is 4.90 Å². The number of nitrogens with zero attached hydrogens (tertiary/aromatic N) is 2. The molecule has 1 aromatic carbocycles. The van der Waals surface area contributed by atoms with Crippen LogP contribution in [0.25, 0.3) is 0 Å². The Morgan fingerprint density at radius 2 is 1.95 bits per heavy atom. The molecular weight excluding hydrogens is 298 g/mol. The molecule has 0 atom stereocenters. The van der Waals surface area contributed by atoms with E-state index in [0.717, 1.165) is 35.8 Å². The fraction of sp³-hybridized carbons (Fsp3) is 0.562. The maximum absolute atomic E-state index is 6.00. The Kier molecular flexibility index (Phi) is 7.49. The summed E-state index contributed by atoms with van der Waals surface area (Å²) in [6.45, 7) is 7.45. The first-order valence-electron chi connectivity index (χ1n) is 7.23. The van der Waals surface area contributed by atoms with Crippen molar-refractivity contribution in [1.29, 1.82) is 0 Å². The van der Waals surface area contributed by atoms with Gasteiger partial charge in [-0.3, -0.25) is 0 Å². The number of thioether (sulfide) groups is 1. The molecule has 2 N–H and O–H groups in total. The van der Waals surface area contributed by atoms with Crippen molar-refractivity contribution in [3.8, 4) is 0 Å². The molecule has 0 aliphatic carbocycles. The topological polar surface area (TPSA) is 32.5 Å². The van der Waals surface area contributed by atoms with Gasteiger partial charge in [0.25, 0.3) is 0 Å². The lowest BCUT2D eigenvalue weighted by Gasteiger charge is -2.30. The number of nitrogens with two attached hydrogens (primary N) is 1. The minimum absolute atomic E-state index is 0.480. The quantitative estimate of drug-likeness (QED) is 0.587. The summed E-state index contributed by atoms with van der Waals surface area (Å²) in [4.78, 5) is 6.23. The predicted octanol–water partition coefficient (Wildman–Crippen LogP) is 3.07. The molecular formula is C16H27N3S2. The second-order valence-electron chi connectivity index (χ2n) is 5.86. The summed E-state index contributed by atoms with van der Waals surface area (Å²) in [7, 11) is 4.20. The lowest BCUT2D eigenvalue weighted by atomic mass is 10.1. The van der Waals surface area contributed by atoms with Crippen molar-refractivity contribution >= 4 is 34.7 Å². The molecule has 21 heavy (non-hydrogen) atoms. The van der Waals surface area contributed by atoms with Gasteiger partial charge in [-0.1, -0.05) is 32.1 Å². The van der Waals surface area contributed by atoms with E-state index in [0.29, 0.717) is 10.9 Å². The number of benzene rings is 1. The molecule has 5 heteroatoms. The number of thiocarbonyl (C=S) groups is 1. The molecule has 1 aromatic rings. The molecule has 0 spiro atoms. The third-order valence-electron chi connectivity index (χ3n) is 3.21. The molecule has 3 nitrogen and oxygen atoms in total. The number of anilines is 1. The summed E-state index contributed by atoms with van der Waals surface area (Å²) in [5.74, 6) is 0.587. The lowest BCUT2D eigenvalue weighted by Crippen LogP contribution is -2.35. The Balaban J connectivity index is 3.19. The van der Waals surface area contributed by atoms with Gasteiger partial charge in [0, 0.05) is 35.8 Å². The number of hydrogen-bond donors (Lipinski definition) is 1. The maximum Gasteiger partial charge on any atom is 0.107 e.